The summed E-state index contributed by atoms with van der Waals surface area (Å²) in [5, 5.41) is 6.18. The summed E-state index contributed by atoms with van der Waals surface area (Å²) in [4.78, 5) is 11.6. The fraction of sp³-hybridized carbons (Fsp3) is 0.333. The van der Waals surface area contributed by atoms with Gasteiger partial charge in [-0.1, -0.05) is 25.4 Å². The molecule has 0 saturated heterocycles. The fourth-order valence-electron chi connectivity index (χ4n) is 1.88. The van der Waals surface area contributed by atoms with E-state index in [0.29, 0.717) is 9.70 Å². The van der Waals surface area contributed by atoms with Crippen LogP contribution in [0, 0.1) is 5.92 Å². The number of ether oxygens (including phenoxy) is 1. The zero-order valence-corrected chi connectivity index (χ0v) is 13.6. The molecular formula is C15H15ClF3N3O2. The van der Waals surface area contributed by atoms with E-state index < -0.39 is 23.7 Å². The maximum atomic E-state index is 13.4. The van der Waals surface area contributed by atoms with Gasteiger partial charge in [0.15, 0.2) is 5.69 Å². The van der Waals surface area contributed by atoms with E-state index in [2.05, 4.69) is 10.4 Å². The SMILES string of the molecule is CC(C)COC(=O)Nc1cnn(-c2ccc(Cl)cc2)c1C(F)(F)F. The molecule has 0 aliphatic heterocycles. The Morgan fingerprint density at radius 2 is 1.96 bits per heavy atom. The number of nitrogens with zero attached hydrogens (tertiary/aromatic N) is 2. The van der Waals surface area contributed by atoms with Gasteiger partial charge in [0.1, 0.15) is 0 Å². The first-order valence-electron chi connectivity index (χ1n) is 7.03. The maximum absolute atomic E-state index is 13.4. The number of carbonyl (C=O) groups is 1. The summed E-state index contributed by atoms with van der Waals surface area (Å²) in [6, 6.07) is 5.68. The third-order valence-electron chi connectivity index (χ3n) is 2.89. The van der Waals surface area contributed by atoms with Crippen molar-refractivity contribution in [1.82, 2.24) is 9.78 Å². The van der Waals surface area contributed by atoms with Crippen LogP contribution in [0.2, 0.25) is 5.02 Å². The largest absolute Gasteiger partial charge is 0.449 e. The molecule has 5 nitrogen and oxygen atoms in total. The lowest BCUT2D eigenvalue weighted by atomic mass is 10.2. The summed E-state index contributed by atoms with van der Waals surface area (Å²) in [6.45, 7) is 3.72. The van der Waals surface area contributed by atoms with Gasteiger partial charge in [0.25, 0.3) is 0 Å². The van der Waals surface area contributed by atoms with Gasteiger partial charge in [-0.25, -0.2) is 9.48 Å². The number of nitrogens with one attached hydrogen (secondary N) is 1. The highest BCUT2D eigenvalue weighted by Crippen LogP contribution is 2.36. The Bertz CT molecular complexity index is 712. The van der Waals surface area contributed by atoms with Gasteiger partial charge >= 0.3 is 12.3 Å². The standard InChI is InChI=1S/C15H15ClF3N3O2/c1-9(2)8-24-14(23)21-12-7-20-22(13(12)15(17,18)19)11-5-3-10(16)4-6-11/h3-7,9H,8H2,1-2H3,(H,21,23). The molecule has 0 bridgehead atoms. The quantitative estimate of drug-likeness (QED) is 0.855. The fourth-order valence-corrected chi connectivity index (χ4v) is 2.01. The number of benzene rings is 1. The lowest BCUT2D eigenvalue weighted by molar-refractivity contribution is -0.142. The van der Waals surface area contributed by atoms with Crippen molar-refractivity contribution in [2.45, 2.75) is 20.0 Å². The molecule has 0 aliphatic carbocycles. The molecule has 0 fully saturated rings. The Morgan fingerprint density at radius 1 is 1.33 bits per heavy atom. The zero-order valence-electron chi connectivity index (χ0n) is 12.9. The van der Waals surface area contributed by atoms with E-state index >= 15 is 0 Å². The second-order valence-corrected chi connectivity index (χ2v) is 5.85. The molecule has 1 heterocycles. The first-order valence-corrected chi connectivity index (χ1v) is 7.41. The Labute approximate surface area is 141 Å². The van der Waals surface area contributed by atoms with Gasteiger partial charge in [0.05, 0.1) is 24.2 Å². The van der Waals surface area contributed by atoms with E-state index in [1.54, 1.807) is 0 Å². The van der Waals surface area contributed by atoms with E-state index in [0.717, 1.165) is 6.20 Å². The van der Waals surface area contributed by atoms with E-state index in [4.69, 9.17) is 16.3 Å². The van der Waals surface area contributed by atoms with Gasteiger partial charge in [-0.3, -0.25) is 5.32 Å². The predicted molar refractivity (Wildman–Crippen MR) is 83.4 cm³/mol. The number of amides is 1. The number of anilines is 1. The highest BCUT2D eigenvalue weighted by Gasteiger charge is 2.39. The minimum absolute atomic E-state index is 0.0645. The molecule has 0 atom stereocenters. The number of hydrogen-bond donors (Lipinski definition) is 1. The van der Waals surface area contributed by atoms with Crippen molar-refractivity contribution < 1.29 is 22.7 Å². The Morgan fingerprint density at radius 3 is 2.50 bits per heavy atom. The van der Waals surface area contributed by atoms with Crippen molar-refractivity contribution in [2.24, 2.45) is 5.92 Å². The van der Waals surface area contributed by atoms with Crippen molar-refractivity contribution >= 4 is 23.4 Å². The second kappa shape index (κ2) is 7.12. The van der Waals surface area contributed by atoms with Crippen molar-refractivity contribution in [1.29, 1.82) is 0 Å². The molecule has 0 radical (unpaired) electrons. The van der Waals surface area contributed by atoms with Crippen LogP contribution in [-0.2, 0) is 10.9 Å². The van der Waals surface area contributed by atoms with Crippen molar-refractivity contribution in [2.75, 3.05) is 11.9 Å². The number of hydrogen-bond acceptors (Lipinski definition) is 3. The second-order valence-electron chi connectivity index (χ2n) is 5.41. The van der Waals surface area contributed by atoms with Gasteiger partial charge < -0.3 is 4.74 Å². The summed E-state index contributed by atoms with van der Waals surface area (Å²) in [6.07, 6.45) is -4.77. The molecule has 2 rings (SSSR count). The Hall–Kier alpha value is -2.22. The van der Waals surface area contributed by atoms with Crippen LogP contribution in [0.1, 0.15) is 19.5 Å². The predicted octanol–water partition coefficient (Wildman–Crippen LogP) is 4.75. The third kappa shape index (κ3) is 4.41. The molecule has 1 aromatic heterocycles. The number of halogens is 4. The van der Waals surface area contributed by atoms with Crippen molar-refractivity contribution in [3.8, 4) is 5.69 Å². The van der Waals surface area contributed by atoms with Gasteiger partial charge in [0, 0.05) is 5.02 Å². The van der Waals surface area contributed by atoms with Crippen LogP contribution in [0.5, 0.6) is 0 Å². The van der Waals surface area contributed by atoms with E-state index in [1.165, 1.54) is 24.3 Å². The summed E-state index contributed by atoms with van der Waals surface area (Å²) < 4.78 is 45.7. The first kappa shape index (κ1) is 18.1. The molecule has 0 saturated carbocycles. The van der Waals surface area contributed by atoms with Crippen LogP contribution in [0.15, 0.2) is 30.5 Å². The van der Waals surface area contributed by atoms with Crippen LogP contribution < -0.4 is 5.32 Å². The summed E-state index contributed by atoms with van der Waals surface area (Å²) >= 11 is 5.74. The highest BCUT2D eigenvalue weighted by atomic mass is 35.5. The number of aromatic nitrogens is 2. The number of rotatable bonds is 4. The van der Waals surface area contributed by atoms with Crippen molar-refractivity contribution in [3.05, 3.63) is 41.2 Å². The molecule has 0 unspecified atom stereocenters. The lowest BCUT2D eigenvalue weighted by Crippen LogP contribution is -2.20. The smallest absolute Gasteiger partial charge is 0.435 e. The monoisotopic (exact) mass is 361 g/mol. The van der Waals surface area contributed by atoms with E-state index in [9.17, 15) is 18.0 Å². The molecule has 1 amide bonds. The van der Waals surface area contributed by atoms with E-state index in [-0.39, 0.29) is 18.2 Å². The average Bonchev–Trinajstić information content (AvgIpc) is 2.89. The van der Waals surface area contributed by atoms with Gasteiger partial charge in [0.2, 0.25) is 0 Å². The number of alkyl halides is 3. The van der Waals surface area contributed by atoms with Gasteiger partial charge in [-0.15, -0.1) is 0 Å². The third-order valence-corrected chi connectivity index (χ3v) is 3.15. The zero-order chi connectivity index (χ0) is 17.9. The minimum Gasteiger partial charge on any atom is -0.449 e. The molecule has 1 N–H and O–H groups in total. The molecule has 2 aromatic rings. The van der Waals surface area contributed by atoms with Crippen LogP contribution in [-0.4, -0.2) is 22.5 Å². The number of carbonyl (C=O) groups excluding carboxylic acids is 1. The molecule has 0 aliphatic rings. The summed E-state index contributed by atoms with van der Waals surface area (Å²) in [5.74, 6) is 0.0645. The summed E-state index contributed by atoms with van der Waals surface area (Å²) in [5.41, 5.74) is -1.42. The lowest BCUT2D eigenvalue weighted by Gasteiger charge is -2.13. The molecule has 130 valence electrons. The topological polar surface area (TPSA) is 56.1 Å². The van der Waals surface area contributed by atoms with Crippen molar-refractivity contribution in [3.63, 3.8) is 0 Å². The van der Waals surface area contributed by atoms with Crippen LogP contribution >= 0.6 is 11.6 Å². The average molecular weight is 362 g/mol. The Kier molecular flexibility index (Phi) is 5.38. The van der Waals surface area contributed by atoms with Crippen LogP contribution in [0.25, 0.3) is 5.69 Å². The normalized spacial score (nSPS) is 11.6. The molecule has 24 heavy (non-hydrogen) atoms. The molecule has 1 aromatic carbocycles. The molecular weight excluding hydrogens is 347 g/mol. The van der Waals surface area contributed by atoms with Crippen LogP contribution in [0.4, 0.5) is 23.7 Å². The molecule has 0 spiro atoms. The van der Waals surface area contributed by atoms with Gasteiger partial charge in [-0.05, 0) is 30.2 Å². The van der Waals surface area contributed by atoms with E-state index in [1.807, 2.05) is 13.8 Å². The maximum Gasteiger partial charge on any atom is 0.435 e. The Balaban J connectivity index is 2.33. The summed E-state index contributed by atoms with van der Waals surface area (Å²) in [7, 11) is 0. The molecule has 9 heteroatoms. The van der Waals surface area contributed by atoms with Crippen LogP contribution in [0.3, 0.4) is 0 Å². The van der Waals surface area contributed by atoms with Gasteiger partial charge in [-0.2, -0.15) is 18.3 Å². The highest BCUT2D eigenvalue weighted by molar-refractivity contribution is 6.30. The first-order chi connectivity index (χ1) is 11.2. The minimum atomic E-state index is -4.73.